The second kappa shape index (κ2) is 64.2. The van der Waals surface area contributed by atoms with E-state index in [0.29, 0.717) is 19.3 Å². The average Bonchev–Trinajstić information content (AvgIpc) is 3.41. The number of rotatable bonds is 62. The predicted molar refractivity (Wildman–Crippen MR) is 326 cm³/mol. The SMILES string of the molecule is CCCCCCC/C=C\C/C=C\C/C=C\CCCCCCCCC(=O)OC(COC(=O)CCCCCCCCC)COC(=O)CCCCCCCCCCCCCCCCCCCCCCCCCCCCCCC. The molecule has 440 valence electrons. The zero-order chi connectivity index (χ0) is 54.3. The Kier molecular flexibility index (Phi) is 62.1. The number of unbranched alkanes of at least 4 members (excludes halogenated alkanes) is 45. The molecule has 0 aromatic heterocycles. The summed E-state index contributed by atoms with van der Waals surface area (Å²) in [5.74, 6) is -0.871. The molecule has 0 spiro atoms. The van der Waals surface area contributed by atoms with Gasteiger partial charge in [0.25, 0.3) is 0 Å². The average molecular weight is 1050 g/mol. The molecule has 0 aliphatic heterocycles. The first-order valence-corrected chi connectivity index (χ1v) is 33.5. The molecule has 0 aromatic carbocycles. The van der Waals surface area contributed by atoms with E-state index in [2.05, 4.69) is 57.2 Å². The maximum absolute atomic E-state index is 12.9. The first-order chi connectivity index (χ1) is 37.0. The molecule has 1 atom stereocenters. The second-order valence-corrected chi connectivity index (χ2v) is 22.7. The summed E-state index contributed by atoms with van der Waals surface area (Å²) in [5, 5.41) is 0. The van der Waals surface area contributed by atoms with Gasteiger partial charge in [-0.2, -0.15) is 0 Å². The van der Waals surface area contributed by atoms with Gasteiger partial charge in [-0.1, -0.05) is 327 Å². The molecule has 0 aliphatic rings. The molecule has 0 amide bonds. The molecule has 6 heteroatoms. The lowest BCUT2D eigenvalue weighted by Gasteiger charge is -2.18. The van der Waals surface area contributed by atoms with Crippen LogP contribution in [0.25, 0.3) is 0 Å². The van der Waals surface area contributed by atoms with Crippen LogP contribution >= 0.6 is 0 Å². The van der Waals surface area contributed by atoms with E-state index in [1.165, 1.54) is 250 Å². The monoisotopic (exact) mass is 1050 g/mol. The first kappa shape index (κ1) is 72.6. The minimum atomic E-state index is -0.775. The van der Waals surface area contributed by atoms with Crippen molar-refractivity contribution < 1.29 is 28.6 Å². The summed E-state index contributed by atoms with van der Waals surface area (Å²) in [6.45, 7) is 6.63. The van der Waals surface area contributed by atoms with Gasteiger partial charge in [0, 0.05) is 19.3 Å². The number of carbonyl (C=O) groups excluding carboxylic acids is 3. The van der Waals surface area contributed by atoms with Crippen LogP contribution in [0.3, 0.4) is 0 Å². The molecule has 0 N–H and O–H groups in total. The highest BCUT2D eigenvalue weighted by atomic mass is 16.6. The highest BCUT2D eigenvalue weighted by Gasteiger charge is 2.19. The lowest BCUT2D eigenvalue weighted by Crippen LogP contribution is -2.30. The van der Waals surface area contributed by atoms with Crippen molar-refractivity contribution >= 4 is 17.9 Å². The summed E-state index contributed by atoms with van der Waals surface area (Å²) in [7, 11) is 0. The summed E-state index contributed by atoms with van der Waals surface area (Å²) in [5.41, 5.74) is 0. The quantitative estimate of drug-likeness (QED) is 0.0261. The van der Waals surface area contributed by atoms with Crippen molar-refractivity contribution in [2.45, 2.75) is 374 Å². The van der Waals surface area contributed by atoms with Crippen LogP contribution in [0.2, 0.25) is 0 Å². The maximum Gasteiger partial charge on any atom is 0.306 e. The van der Waals surface area contributed by atoms with Gasteiger partial charge in [0.15, 0.2) is 6.10 Å². The fourth-order valence-electron chi connectivity index (χ4n) is 10.1. The predicted octanol–water partition coefficient (Wildman–Crippen LogP) is 22.8. The first-order valence-electron chi connectivity index (χ1n) is 33.5. The van der Waals surface area contributed by atoms with Gasteiger partial charge in [-0.05, 0) is 57.8 Å². The van der Waals surface area contributed by atoms with E-state index in [9.17, 15) is 14.4 Å². The molecule has 0 heterocycles. The van der Waals surface area contributed by atoms with Crippen LogP contribution in [0, 0.1) is 0 Å². The smallest absolute Gasteiger partial charge is 0.306 e. The molecule has 0 saturated carbocycles. The van der Waals surface area contributed by atoms with Crippen LogP contribution in [0.4, 0.5) is 0 Å². The summed E-state index contributed by atoms with van der Waals surface area (Å²) in [6.07, 6.45) is 79.1. The molecule has 0 saturated heterocycles. The summed E-state index contributed by atoms with van der Waals surface area (Å²) >= 11 is 0. The molecule has 0 radical (unpaired) electrons. The number of carbonyl (C=O) groups is 3. The van der Waals surface area contributed by atoms with E-state index in [1.807, 2.05) is 0 Å². The van der Waals surface area contributed by atoms with E-state index < -0.39 is 6.10 Å². The van der Waals surface area contributed by atoms with E-state index in [4.69, 9.17) is 14.2 Å². The van der Waals surface area contributed by atoms with Crippen molar-refractivity contribution in [2.75, 3.05) is 13.2 Å². The topological polar surface area (TPSA) is 78.9 Å². The van der Waals surface area contributed by atoms with Gasteiger partial charge < -0.3 is 14.2 Å². The Morgan fingerprint density at radius 2 is 0.480 bits per heavy atom. The van der Waals surface area contributed by atoms with Gasteiger partial charge in [-0.25, -0.2) is 0 Å². The van der Waals surface area contributed by atoms with Crippen molar-refractivity contribution in [1.29, 1.82) is 0 Å². The minimum Gasteiger partial charge on any atom is -0.462 e. The Morgan fingerprint density at radius 1 is 0.267 bits per heavy atom. The van der Waals surface area contributed by atoms with Crippen LogP contribution < -0.4 is 0 Å². The van der Waals surface area contributed by atoms with Gasteiger partial charge in [0.05, 0.1) is 0 Å². The van der Waals surface area contributed by atoms with Crippen molar-refractivity contribution in [3.05, 3.63) is 36.5 Å². The number of ether oxygens (including phenoxy) is 3. The molecular formula is C69H128O6. The highest BCUT2D eigenvalue weighted by Crippen LogP contribution is 2.18. The van der Waals surface area contributed by atoms with Crippen LogP contribution in [-0.2, 0) is 28.6 Å². The third-order valence-corrected chi connectivity index (χ3v) is 15.1. The molecule has 0 bridgehead atoms. The van der Waals surface area contributed by atoms with Crippen LogP contribution in [0.15, 0.2) is 36.5 Å². The van der Waals surface area contributed by atoms with Crippen molar-refractivity contribution in [1.82, 2.24) is 0 Å². The van der Waals surface area contributed by atoms with Gasteiger partial charge in [0.2, 0.25) is 0 Å². The Hall–Kier alpha value is -2.37. The van der Waals surface area contributed by atoms with Crippen molar-refractivity contribution in [3.8, 4) is 0 Å². The largest absolute Gasteiger partial charge is 0.462 e. The molecular weight excluding hydrogens is 925 g/mol. The Morgan fingerprint density at radius 3 is 0.747 bits per heavy atom. The standard InChI is InChI=1S/C69H128O6/c1-4-7-10-13-16-18-20-22-24-26-28-30-31-32-33-34-35-36-37-39-40-42-44-46-48-50-53-56-59-62-68(71)74-65-66(64-73-67(70)61-58-55-52-15-12-9-6-3)75-69(72)63-60-57-54-51-49-47-45-43-41-38-29-27-25-23-21-19-17-14-11-8-5-2/h21,23,27,29,41,43,66H,4-20,22,24-26,28,30-40,42,44-65H2,1-3H3/b23-21-,29-27-,43-41-. The molecule has 1 unspecified atom stereocenters. The Balaban J connectivity index is 4.05. The molecule has 0 rings (SSSR count). The zero-order valence-electron chi connectivity index (χ0n) is 50.6. The molecule has 0 aromatic rings. The van der Waals surface area contributed by atoms with Crippen LogP contribution in [0.1, 0.15) is 367 Å². The maximum atomic E-state index is 12.9. The second-order valence-electron chi connectivity index (χ2n) is 22.7. The highest BCUT2D eigenvalue weighted by molar-refractivity contribution is 5.71. The molecule has 0 fully saturated rings. The third-order valence-electron chi connectivity index (χ3n) is 15.1. The van der Waals surface area contributed by atoms with Crippen LogP contribution in [0.5, 0.6) is 0 Å². The van der Waals surface area contributed by atoms with E-state index >= 15 is 0 Å². The van der Waals surface area contributed by atoms with E-state index in [0.717, 1.165) is 77.0 Å². The van der Waals surface area contributed by atoms with Crippen molar-refractivity contribution in [2.24, 2.45) is 0 Å². The van der Waals surface area contributed by atoms with E-state index in [-0.39, 0.29) is 31.1 Å². The van der Waals surface area contributed by atoms with E-state index in [1.54, 1.807) is 0 Å². The minimum absolute atomic E-state index is 0.0732. The summed E-state index contributed by atoms with van der Waals surface area (Å²) < 4.78 is 16.8. The lowest BCUT2D eigenvalue weighted by atomic mass is 10.0. The molecule has 75 heavy (non-hydrogen) atoms. The van der Waals surface area contributed by atoms with Gasteiger partial charge in [-0.15, -0.1) is 0 Å². The van der Waals surface area contributed by atoms with Crippen molar-refractivity contribution in [3.63, 3.8) is 0 Å². The number of allylic oxidation sites excluding steroid dienone is 6. The summed E-state index contributed by atoms with van der Waals surface area (Å²) in [4.78, 5) is 38.1. The zero-order valence-corrected chi connectivity index (χ0v) is 50.6. The normalized spacial score (nSPS) is 12.2. The Bertz CT molecular complexity index is 1250. The number of esters is 3. The lowest BCUT2D eigenvalue weighted by molar-refractivity contribution is -0.167. The number of hydrogen-bond donors (Lipinski definition) is 0. The summed E-state index contributed by atoms with van der Waals surface area (Å²) in [6, 6.07) is 0. The van der Waals surface area contributed by atoms with Gasteiger partial charge in [0.1, 0.15) is 13.2 Å². The third kappa shape index (κ3) is 62.4. The molecule has 0 aliphatic carbocycles. The Labute approximate surface area is 467 Å². The van der Waals surface area contributed by atoms with Gasteiger partial charge in [-0.3, -0.25) is 14.4 Å². The fourth-order valence-corrected chi connectivity index (χ4v) is 10.1. The molecule has 6 nitrogen and oxygen atoms in total. The number of hydrogen-bond acceptors (Lipinski definition) is 6. The van der Waals surface area contributed by atoms with Gasteiger partial charge >= 0.3 is 17.9 Å². The van der Waals surface area contributed by atoms with Crippen LogP contribution in [-0.4, -0.2) is 37.2 Å². The fraction of sp³-hybridized carbons (Fsp3) is 0.870.